The zero-order chi connectivity index (χ0) is 16.4. The molecule has 0 saturated carbocycles. The van der Waals surface area contributed by atoms with E-state index in [-0.39, 0.29) is 17.7 Å². The van der Waals surface area contributed by atoms with Crippen molar-refractivity contribution in [1.29, 1.82) is 0 Å². The molecule has 1 aliphatic rings. The summed E-state index contributed by atoms with van der Waals surface area (Å²) in [5.41, 5.74) is 1.45. The van der Waals surface area contributed by atoms with E-state index in [2.05, 4.69) is 27.3 Å². The van der Waals surface area contributed by atoms with Gasteiger partial charge in [0, 0.05) is 25.7 Å². The van der Waals surface area contributed by atoms with Gasteiger partial charge in [0.15, 0.2) is 5.76 Å². The van der Waals surface area contributed by atoms with Crippen LogP contribution in [0.1, 0.15) is 25.3 Å². The van der Waals surface area contributed by atoms with Crippen molar-refractivity contribution in [2.24, 2.45) is 11.8 Å². The summed E-state index contributed by atoms with van der Waals surface area (Å²) in [4.78, 5) is 19.2. The minimum Gasteiger partial charge on any atom is -0.359 e. The number of amides is 1. The van der Waals surface area contributed by atoms with E-state index < -0.39 is 0 Å². The average Bonchev–Trinajstić information content (AvgIpc) is 3.12. The van der Waals surface area contributed by atoms with Crippen LogP contribution in [0.5, 0.6) is 0 Å². The molecular weight excluding hydrogens is 292 g/mol. The van der Waals surface area contributed by atoms with Gasteiger partial charge in [0.2, 0.25) is 5.91 Å². The lowest BCUT2D eigenvalue weighted by molar-refractivity contribution is -0.120. The number of aromatic nitrogens is 2. The van der Waals surface area contributed by atoms with Crippen LogP contribution < -0.4 is 10.2 Å². The first-order valence-electron chi connectivity index (χ1n) is 8.02. The Morgan fingerprint density at radius 1 is 1.43 bits per heavy atom. The maximum absolute atomic E-state index is 12.7. The highest BCUT2D eigenvalue weighted by Gasteiger charge is 2.36. The number of carbonyl (C=O) groups is 1. The maximum Gasteiger partial charge on any atom is 0.229 e. The minimum absolute atomic E-state index is 0.0249. The first kappa shape index (κ1) is 15.5. The second kappa shape index (κ2) is 6.40. The summed E-state index contributed by atoms with van der Waals surface area (Å²) in [6.07, 6.45) is 2.48. The quantitative estimate of drug-likeness (QED) is 0.939. The van der Waals surface area contributed by atoms with E-state index >= 15 is 0 Å². The number of aryl methyl sites for hydroxylation is 2. The van der Waals surface area contributed by atoms with Crippen LogP contribution in [0.4, 0.5) is 11.5 Å². The van der Waals surface area contributed by atoms with Crippen LogP contribution >= 0.6 is 0 Å². The van der Waals surface area contributed by atoms with Gasteiger partial charge in [0.25, 0.3) is 0 Å². The molecule has 0 radical (unpaired) electrons. The number of nitrogens with one attached hydrogen (secondary N) is 1. The number of pyridine rings is 1. The molecule has 2 aromatic heterocycles. The van der Waals surface area contributed by atoms with Crippen LogP contribution in [-0.4, -0.2) is 29.1 Å². The van der Waals surface area contributed by atoms with Gasteiger partial charge < -0.3 is 14.7 Å². The molecule has 0 unspecified atom stereocenters. The Hall–Kier alpha value is -2.37. The van der Waals surface area contributed by atoms with Crippen molar-refractivity contribution in [2.45, 2.75) is 27.2 Å². The molecule has 1 saturated heterocycles. The lowest BCUT2D eigenvalue weighted by Crippen LogP contribution is -2.29. The molecule has 1 N–H and O–H groups in total. The lowest BCUT2D eigenvalue weighted by atomic mass is 9.97. The lowest BCUT2D eigenvalue weighted by Gasteiger charge is -2.17. The number of nitrogens with zero attached hydrogens (tertiary/aromatic N) is 3. The second-order valence-electron chi connectivity index (χ2n) is 6.09. The molecule has 2 aromatic rings. The third-order valence-corrected chi connectivity index (χ3v) is 4.43. The van der Waals surface area contributed by atoms with Gasteiger partial charge in [-0.15, -0.1) is 0 Å². The van der Waals surface area contributed by atoms with Crippen molar-refractivity contribution in [2.75, 3.05) is 23.3 Å². The van der Waals surface area contributed by atoms with E-state index in [9.17, 15) is 4.79 Å². The molecule has 3 rings (SSSR count). The fourth-order valence-corrected chi connectivity index (χ4v) is 3.07. The molecule has 122 valence electrons. The molecule has 2 atom stereocenters. The van der Waals surface area contributed by atoms with Gasteiger partial charge in [0.05, 0.1) is 5.92 Å². The Labute approximate surface area is 135 Å². The van der Waals surface area contributed by atoms with Gasteiger partial charge >= 0.3 is 0 Å². The molecule has 1 fully saturated rings. The Morgan fingerprint density at radius 2 is 2.26 bits per heavy atom. The van der Waals surface area contributed by atoms with Crippen LogP contribution in [0, 0.1) is 18.8 Å². The van der Waals surface area contributed by atoms with Crippen molar-refractivity contribution in [3.63, 3.8) is 0 Å². The van der Waals surface area contributed by atoms with Gasteiger partial charge in [0.1, 0.15) is 17.2 Å². The van der Waals surface area contributed by atoms with E-state index in [0.717, 1.165) is 29.5 Å². The summed E-state index contributed by atoms with van der Waals surface area (Å²) in [5, 5.41) is 6.95. The molecule has 6 heteroatoms. The molecule has 0 bridgehead atoms. The SMILES string of the molecule is CCc1onc(C)c1NC(=O)[C@@H]1CN(c2ccccn2)C[C@H]1C. The van der Waals surface area contributed by atoms with Crippen molar-refractivity contribution in [1.82, 2.24) is 10.1 Å². The average molecular weight is 314 g/mol. The van der Waals surface area contributed by atoms with Crippen LogP contribution in [0.15, 0.2) is 28.9 Å². The number of hydrogen-bond donors (Lipinski definition) is 1. The molecule has 0 aliphatic carbocycles. The first-order chi connectivity index (χ1) is 11.1. The summed E-state index contributed by atoms with van der Waals surface area (Å²) >= 11 is 0. The summed E-state index contributed by atoms with van der Waals surface area (Å²) in [7, 11) is 0. The third kappa shape index (κ3) is 3.06. The molecular formula is C17H22N4O2. The zero-order valence-electron chi connectivity index (χ0n) is 13.7. The van der Waals surface area contributed by atoms with Gasteiger partial charge in [-0.05, 0) is 25.0 Å². The summed E-state index contributed by atoms with van der Waals surface area (Å²) in [5.74, 6) is 1.86. The van der Waals surface area contributed by atoms with E-state index in [4.69, 9.17) is 4.52 Å². The van der Waals surface area contributed by atoms with Gasteiger partial charge in [-0.2, -0.15) is 0 Å². The largest absolute Gasteiger partial charge is 0.359 e. The summed E-state index contributed by atoms with van der Waals surface area (Å²) < 4.78 is 5.24. The number of carbonyl (C=O) groups excluding carboxylic acids is 1. The predicted molar refractivity (Wildman–Crippen MR) is 88.4 cm³/mol. The van der Waals surface area contributed by atoms with E-state index in [1.54, 1.807) is 6.20 Å². The van der Waals surface area contributed by atoms with Crippen molar-refractivity contribution < 1.29 is 9.32 Å². The third-order valence-electron chi connectivity index (χ3n) is 4.43. The highest BCUT2D eigenvalue weighted by Crippen LogP contribution is 2.29. The van der Waals surface area contributed by atoms with E-state index in [0.29, 0.717) is 13.0 Å². The summed E-state index contributed by atoms with van der Waals surface area (Å²) in [6.45, 7) is 7.44. The van der Waals surface area contributed by atoms with Gasteiger partial charge in [-0.1, -0.05) is 25.1 Å². The molecule has 0 spiro atoms. The normalized spacial score (nSPS) is 20.7. The van der Waals surface area contributed by atoms with Crippen LogP contribution in [0.2, 0.25) is 0 Å². The molecule has 6 nitrogen and oxygen atoms in total. The van der Waals surface area contributed by atoms with Gasteiger partial charge in [-0.25, -0.2) is 4.98 Å². The maximum atomic E-state index is 12.7. The van der Waals surface area contributed by atoms with Crippen LogP contribution in [-0.2, 0) is 11.2 Å². The monoisotopic (exact) mass is 314 g/mol. The highest BCUT2D eigenvalue weighted by molar-refractivity contribution is 5.94. The van der Waals surface area contributed by atoms with Gasteiger partial charge in [-0.3, -0.25) is 4.79 Å². The van der Waals surface area contributed by atoms with Crippen molar-refractivity contribution in [3.8, 4) is 0 Å². The number of rotatable bonds is 4. The number of anilines is 2. The molecule has 23 heavy (non-hydrogen) atoms. The van der Waals surface area contributed by atoms with Crippen molar-refractivity contribution >= 4 is 17.4 Å². The first-order valence-corrected chi connectivity index (χ1v) is 8.02. The smallest absolute Gasteiger partial charge is 0.229 e. The highest BCUT2D eigenvalue weighted by atomic mass is 16.5. The fourth-order valence-electron chi connectivity index (χ4n) is 3.07. The Balaban J connectivity index is 1.72. The van der Waals surface area contributed by atoms with E-state index in [1.165, 1.54) is 0 Å². The predicted octanol–water partition coefficient (Wildman–Crippen LogP) is 2.65. The Kier molecular flexibility index (Phi) is 4.32. The Bertz CT molecular complexity index is 683. The topological polar surface area (TPSA) is 71.3 Å². The Morgan fingerprint density at radius 3 is 2.96 bits per heavy atom. The molecule has 0 aromatic carbocycles. The fraction of sp³-hybridized carbons (Fsp3) is 0.471. The summed E-state index contributed by atoms with van der Waals surface area (Å²) in [6, 6.07) is 5.84. The number of hydrogen-bond acceptors (Lipinski definition) is 5. The zero-order valence-corrected chi connectivity index (χ0v) is 13.7. The van der Waals surface area contributed by atoms with Crippen LogP contribution in [0.25, 0.3) is 0 Å². The molecule has 1 amide bonds. The second-order valence-corrected chi connectivity index (χ2v) is 6.09. The minimum atomic E-state index is -0.0731. The van der Waals surface area contributed by atoms with Crippen LogP contribution in [0.3, 0.4) is 0 Å². The van der Waals surface area contributed by atoms with Crippen molar-refractivity contribution in [3.05, 3.63) is 35.9 Å². The standard InChI is InChI=1S/C17H22N4O2/c1-4-14-16(12(3)20-23-14)19-17(22)13-10-21(9-11(13)2)15-7-5-6-8-18-15/h5-8,11,13H,4,9-10H2,1-3H3,(H,19,22)/t11-,13-/m1/s1. The molecule has 3 heterocycles. The van der Waals surface area contributed by atoms with E-state index in [1.807, 2.05) is 32.0 Å². The molecule has 1 aliphatic heterocycles.